The van der Waals surface area contributed by atoms with Gasteiger partial charge in [0.05, 0.1) is 10.6 Å². The first-order chi connectivity index (χ1) is 9.58. The van der Waals surface area contributed by atoms with E-state index in [0.717, 1.165) is 11.3 Å². The van der Waals surface area contributed by atoms with Gasteiger partial charge in [-0.1, -0.05) is 55.8 Å². The summed E-state index contributed by atoms with van der Waals surface area (Å²) in [6, 6.07) is 6.13. The maximum absolute atomic E-state index is 9.15. The van der Waals surface area contributed by atoms with Crippen molar-refractivity contribution < 1.29 is 0 Å². The number of benzene rings is 1. The highest BCUT2D eigenvalue weighted by atomic mass is 35.5. The summed E-state index contributed by atoms with van der Waals surface area (Å²) in [4.78, 5) is 0. The van der Waals surface area contributed by atoms with Crippen LogP contribution in [0.2, 0.25) is 5.02 Å². The largest absolute Gasteiger partial charge is 0.192 e. The van der Waals surface area contributed by atoms with E-state index in [1.54, 1.807) is 0 Å². The highest BCUT2D eigenvalue weighted by Gasteiger charge is 2.41. The Morgan fingerprint density at radius 1 is 1.40 bits per heavy atom. The Morgan fingerprint density at radius 2 is 2.20 bits per heavy atom. The molecule has 0 saturated heterocycles. The Hall–Kier alpha value is -1.17. The summed E-state index contributed by atoms with van der Waals surface area (Å²) in [5, 5.41) is 10.2. The molecule has 3 unspecified atom stereocenters. The average Bonchev–Trinajstić information content (AvgIpc) is 2.56. The second kappa shape index (κ2) is 4.98. The van der Waals surface area contributed by atoms with E-state index in [-0.39, 0.29) is 5.41 Å². The molecular weight excluding hydrogens is 286 g/mol. The number of hydrogen-bond donors (Lipinski definition) is 0. The summed E-state index contributed by atoms with van der Waals surface area (Å²) in [6.45, 7) is 4.58. The highest BCUT2D eigenvalue weighted by molar-refractivity contribution is 7.99. The van der Waals surface area contributed by atoms with E-state index < -0.39 is 0 Å². The van der Waals surface area contributed by atoms with Crippen LogP contribution in [0, 0.1) is 16.7 Å². The molecule has 1 nitrogen and oxygen atoms in total. The molecule has 1 aliphatic carbocycles. The van der Waals surface area contributed by atoms with Crippen LogP contribution >= 0.6 is 23.4 Å². The van der Waals surface area contributed by atoms with E-state index in [9.17, 15) is 0 Å². The summed E-state index contributed by atoms with van der Waals surface area (Å²) in [6.07, 6.45) is 8.87. The van der Waals surface area contributed by atoms with Gasteiger partial charge in [-0.2, -0.15) is 5.26 Å². The molecule has 0 N–H and O–H groups in total. The molecule has 0 bridgehead atoms. The van der Waals surface area contributed by atoms with Crippen molar-refractivity contribution in [3.8, 4) is 6.07 Å². The van der Waals surface area contributed by atoms with E-state index in [4.69, 9.17) is 16.9 Å². The molecule has 0 amide bonds. The molecular formula is C17H16ClNS. The van der Waals surface area contributed by atoms with Crippen LogP contribution in [0.3, 0.4) is 0 Å². The predicted octanol–water partition coefficient (Wildman–Crippen LogP) is 5.06. The standard InChI is InChI=1S/C17H16ClNS/c1-11-13-7-6-12(9-19)16(18)14(13)10-20-15-5-3-4-8-17(11,15)2/h3-8,11,15H,10H2,1-2H3. The molecule has 0 saturated carbocycles. The summed E-state index contributed by atoms with van der Waals surface area (Å²) in [5.74, 6) is 1.25. The number of fused-ring (bicyclic) bond motifs is 2. The maximum atomic E-state index is 9.15. The molecule has 0 spiro atoms. The van der Waals surface area contributed by atoms with E-state index in [1.165, 1.54) is 5.56 Å². The van der Waals surface area contributed by atoms with Gasteiger partial charge in [-0.3, -0.25) is 0 Å². The molecule has 2 aliphatic rings. The summed E-state index contributed by atoms with van der Waals surface area (Å²) in [7, 11) is 0. The van der Waals surface area contributed by atoms with Crippen molar-refractivity contribution in [1.82, 2.24) is 0 Å². The van der Waals surface area contributed by atoms with Crippen LogP contribution in [-0.2, 0) is 5.75 Å². The zero-order chi connectivity index (χ0) is 14.3. The third-order valence-corrected chi connectivity index (χ3v) is 6.58. The summed E-state index contributed by atoms with van der Waals surface area (Å²) in [5.41, 5.74) is 3.11. The van der Waals surface area contributed by atoms with Gasteiger partial charge in [0.25, 0.3) is 0 Å². The lowest BCUT2D eigenvalue weighted by Crippen LogP contribution is -2.32. The smallest absolute Gasteiger partial charge is 0.101 e. The second-order valence-corrected chi connectivity index (χ2v) is 7.18. The maximum Gasteiger partial charge on any atom is 0.101 e. The fourth-order valence-corrected chi connectivity index (χ4v) is 5.00. The molecule has 1 aromatic carbocycles. The van der Waals surface area contributed by atoms with Gasteiger partial charge in [-0.25, -0.2) is 0 Å². The van der Waals surface area contributed by atoms with Crippen LogP contribution in [0.15, 0.2) is 36.4 Å². The lowest BCUT2D eigenvalue weighted by molar-refractivity contribution is 0.367. The van der Waals surface area contributed by atoms with Crippen LogP contribution < -0.4 is 0 Å². The lowest BCUT2D eigenvalue weighted by Gasteiger charge is -2.38. The molecule has 3 rings (SSSR count). The SMILES string of the molecule is CC1c2ccc(C#N)c(Cl)c2CSC2C=CC=CC21C. The zero-order valence-electron chi connectivity index (χ0n) is 11.6. The van der Waals surface area contributed by atoms with E-state index >= 15 is 0 Å². The molecule has 3 heteroatoms. The molecule has 20 heavy (non-hydrogen) atoms. The topological polar surface area (TPSA) is 23.8 Å². The van der Waals surface area contributed by atoms with Gasteiger partial charge in [0.1, 0.15) is 6.07 Å². The molecule has 0 radical (unpaired) electrons. The minimum atomic E-state index is 0.0994. The average molecular weight is 302 g/mol. The number of halogens is 1. The van der Waals surface area contributed by atoms with Gasteiger partial charge in [0, 0.05) is 16.4 Å². The first-order valence-electron chi connectivity index (χ1n) is 6.77. The minimum absolute atomic E-state index is 0.0994. The van der Waals surface area contributed by atoms with E-state index in [1.807, 2.05) is 17.8 Å². The van der Waals surface area contributed by atoms with Crippen molar-refractivity contribution in [3.05, 3.63) is 58.1 Å². The van der Waals surface area contributed by atoms with Gasteiger partial charge < -0.3 is 0 Å². The van der Waals surface area contributed by atoms with Crippen LogP contribution in [-0.4, -0.2) is 5.25 Å². The fraction of sp³-hybridized carbons (Fsp3) is 0.353. The molecule has 1 heterocycles. The van der Waals surface area contributed by atoms with Crippen LogP contribution in [0.1, 0.15) is 36.5 Å². The van der Waals surface area contributed by atoms with E-state index in [2.05, 4.69) is 50.3 Å². The van der Waals surface area contributed by atoms with Crippen LogP contribution in [0.4, 0.5) is 0 Å². The Balaban J connectivity index is 2.17. The predicted molar refractivity (Wildman–Crippen MR) is 86.1 cm³/mol. The van der Waals surface area contributed by atoms with Crippen molar-refractivity contribution in [2.45, 2.75) is 30.8 Å². The number of rotatable bonds is 0. The Morgan fingerprint density at radius 3 is 2.95 bits per heavy atom. The van der Waals surface area contributed by atoms with Gasteiger partial charge in [0.2, 0.25) is 0 Å². The monoisotopic (exact) mass is 301 g/mol. The van der Waals surface area contributed by atoms with Crippen molar-refractivity contribution in [1.29, 1.82) is 5.26 Å². The molecule has 0 fully saturated rings. The summed E-state index contributed by atoms with van der Waals surface area (Å²) < 4.78 is 0. The first-order valence-corrected chi connectivity index (χ1v) is 8.19. The van der Waals surface area contributed by atoms with Crippen molar-refractivity contribution >= 4 is 23.4 Å². The van der Waals surface area contributed by atoms with Crippen molar-refractivity contribution in [2.75, 3.05) is 0 Å². The number of thioether (sulfide) groups is 1. The molecule has 0 aromatic heterocycles. The van der Waals surface area contributed by atoms with E-state index in [0.29, 0.717) is 21.8 Å². The second-order valence-electron chi connectivity index (χ2n) is 5.67. The Kier molecular flexibility index (Phi) is 3.44. The molecule has 1 aromatic rings. The van der Waals surface area contributed by atoms with Gasteiger partial charge >= 0.3 is 0 Å². The summed E-state index contributed by atoms with van der Waals surface area (Å²) >= 11 is 8.35. The minimum Gasteiger partial charge on any atom is -0.192 e. The van der Waals surface area contributed by atoms with Crippen LogP contribution in [0.25, 0.3) is 0 Å². The number of hydrogen-bond acceptors (Lipinski definition) is 2. The Bertz CT molecular complexity index is 656. The van der Waals surface area contributed by atoms with Gasteiger partial charge in [-0.05, 0) is 23.1 Å². The zero-order valence-corrected chi connectivity index (χ0v) is 13.1. The van der Waals surface area contributed by atoms with Crippen molar-refractivity contribution in [3.63, 3.8) is 0 Å². The normalized spacial score (nSPS) is 31.1. The Labute approximate surface area is 129 Å². The van der Waals surface area contributed by atoms with Crippen molar-refractivity contribution in [2.24, 2.45) is 5.41 Å². The lowest BCUT2D eigenvalue weighted by atomic mass is 9.69. The molecule has 1 aliphatic heterocycles. The third kappa shape index (κ3) is 1.92. The highest BCUT2D eigenvalue weighted by Crippen LogP contribution is 2.52. The first kappa shape index (κ1) is 13.8. The number of nitrogens with zero attached hydrogens (tertiary/aromatic N) is 1. The van der Waals surface area contributed by atoms with Gasteiger partial charge in [0.15, 0.2) is 0 Å². The van der Waals surface area contributed by atoms with Gasteiger partial charge in [-0.15, -0.1) is 11.8 Å². The number of allylic oxidation sites excluding steroid dienone is 3. The molecule has 102 valence electrons. The fourth-order valence-electron chi connectivity index (χ4n) is 3.14. The number of nitriles is 1. The quantitative estimate of drug-likeness (QED) is 0.668. The molecule has 3 atom stereocenters. The third-order valence-electron chi connectivity index (χ3n) is 4.67. The van der Waals surface area contributed by atoms with Crippen LogP contribution in [0.5, 0.6) is 0 Å².